The van der Waals surface area contributed by atoms with Gasteiger partial charge in [0.2, 0.25) is 0 Å². The van der Waals surface area contributed by atoms with E-state index in [1.165, 1.54) is 24.8 Å². The summed E-state index contributed by atoms with van der Waals surface area (Å²) in [5.41, 5.74) is 1.92. The average Bonchev–Trinajstić information content (AvgIpc) is 2.53. The molecule has 0 aromatic carbocycles. The van der Waals surface area contributed by atoms with Crippen molar-refractivity contribution in [2.24, 2.45) is 17.3 Å². The zero-order valence-corrected chi connectivity index (χ0v) is 17.6. The second-order valence-electron chi connectivity index (χ2n) is 8.00. The van der Waals surface area contributed by atoms with Crippen LogP contribution in [0.2, 0.25) is 0 Å². The van der Waals surface area contributed by atoms with E-state index in [2.05, 4.69) is 96.7 Å². The molecule has 0 N–H and O–H groups in total. The van der Waals surface area contributed by atoms with Crippen LogP contribution in [0.3, 0.4) is 0 Å². The maximum Gasteiger partial charge on any atom is 0.168 e. The second kappa shape index (κ2) is 12.3. The molecular formula is C23H42N+. The third-order valence-corrected chi connectivity index (χ3v) is 5.31. The number of hydrogen-bond donors (Lipinski definition) is 0. The monoisotopic (exact) mass is 332 g/mol. The molecule has 1 nitrogen and oxygen atoms in total. The van der Waals surface area contributed by atoms with E-state index in [9.17, 15) is 0 Å². The molecular weight excluding hydrogens is 290 g/mol. The highest BCUT2D eigenvalue weighted by molar-refractivity contribution is 5.66. The van der Waals surface area contributed by atoms with Gasteiger partial charge in [0, 0.05) is 0 Å². The number of rotatable bonds is 11. The third kappa shape index (κ3) is 9.90. The van der Waals surface area contributed by atoms with Crippen LogP contribution in [0, 0.1) is 17.3 Å². The minimum absolute atomic E-state index is 0.438. The van der Waals surface area contributed by atoms with Crippen molar-refractivity contribution in [1.82, 2.24) is 0 Å². The Morgan fingerprint density at radius 3 is 2.33 bits per heavy atom. The van der Waals surface area contributed by atoms with E-state index >= 15 is 0 Å². The largest absolute Gasteiger partial charge is 0.206 e. The van der Waals surface area contributed by atoms with Crippen LogP contribution in [0.1, 0.15) is 81.1 Å². The zero-order chi connectivity index (χ0) is 18.6. The summed E-state index contributed by atoms with van der Waals surface area (Å²) in [5, 5.41) is 0. The zero-order valence-electron chi connectivity index (χ0n) is 17.6. The minimum atomic E-state index is 0.438. The first-order chi connectivity index (χ1) is 11.3. The molecule has 0 heterocycles. The molecule has 0 aliphatic heterocycles. The summed E-state index contributed by atoms with van der Waals surface area (Å²) in [4.78, 5) is 0. The maximum absolute atomic E-state index is 2.46. The Kier molecular flexibility index (Phi) is 11.7. The smallest absolute Gasteiger partial charge is 0.168 e. The van der Waals surface area contributed by atoms with Crippen LogP contribution in [0.25, 0.3) is 0 Å². The molecule has 138 valence electrons. The van der Waals surface area contributed by atoms with Gasteiger partial charge in [0.15, 0.2) is 12.4 Å². The molecule has 0 rings (SSSR count). The summed E-state index contributed by atoms with van der Waals surface area (Å²) >= 11 is 0. The molecule has 0 aromatic heterocycles. The number of nitrogens with zero attached hydrogens (tertiary/aromatic N) is 1. The minimum Gasteiger partial charge on any atom is -0.206 e. The van der Waals surface area contributed by atoms with Gasteiger partial charge in [-0.25, -0.2) is 4.58 Å². The molecule has 1 heteroatoms. The first kappa shape index (κ1) is 22.9. The van der Waals surface area contributed by atoms with Gasteiger partial charge >= 0.3 is 0 Å². The van der Waals surface area contributed by atoms with E-state index in [1.54, 1.807) is 0 Å². The van der Waals surface area contributed by atoms with Crippen molar-refractivity contribution in [2.75, 3.05) is 6.54 Å². The Morgan fingerprint density at radius 1 is 1.17 bits per heavy atom. The van der Waals surface area contributed by atoms with Crippen LogP contribution < -0.4 is 0 Å². The molecule has 0 aliphatic rings. The Bertz CT molecular complexity index is 447. The van der Waals surface area contributed by atoms with Crippen molar-refractivity contribution < 1.29 is 4.58 Å². The fourth-order valence-electron chi connectivity index (χ4n) is 2.70. The highest BCUT2D eigenvalue weighted by Crippen LogP contribution is 2.35. The Morgan fingerprint density at radius 2 is 1.83 bits per heavy atom. The van der Waals surface area contributed by atoms with E-state index < -0.39 is 0 Å². The Balaban J connectivity index is 4.52. The van der Waals surface area contributed by atoms with Crippen LogP contribution >= 0.6 is 0 Å². The van der Waals surface area contributed by atoms with E-state index in [-0.39, 0.29) is 0 Å². The highest BCUT2D eigenvalue weighted by Gasteiger charge is 2.25. The van der Waals surface area contributed by atoms with Crippen molar-refractivity contribution in [3.63, 3.8) is 0 Å². The second-order valence-corrected chi connectivity index (χ2v) is 8.00. The molecule has 1 unspecified atom stereocenters. The van der Waals surface area contributed by atoms with Crippen LogP contribution in [-0.4, -0.2) is 17.3 Å². The third-order valence-electron chi connectivity index (χ3n) is 5.31. The van der Waals surface area contributed by atoms with Crippen molar-refractivity contribution in [1.29, 1.82) is 0 Å². The summed E-state index contributed by atoms with van der Waals surface area (Å²) < 4.78 is 2.19. The molecule has 0 bridgehead atoms. The van der Waals surface area contributed by atoms with Gasteiger partial charge in [-0.05, 0) is 69.4 Å². The first-order valence-corrected chi connectivity index (χ1v) is 9.80. The first-order valence-electron chi connectivity index (χ1n) is 9.80. The van der Waals surface area contributed by atoms with Crippen molar-refractivity contribution >= 4 is 6.21 Å². The van der Waals surface area contributed by atoms with E-state index in [4.69, 9.17) is 0 Å². The quantitative estimate of drug-likeness (QED) is 0.217. The molecule has 24 heavy (non-hydrogen) atoms. The normalized spacial score (nSPS) is 15.9. The van der Waals surface area contributed by atoms with Gasteiger partial charge < -0.3 is 0 Å². The van der Waals surface area contributed by atoms with E-state index in [1.807, 2.05) is 0 Å². The molecule has 0 aliphatic carbocycles. The van der Waals surface area contributed by atoms with Crippen LogP contribution in [-0.2, 0) is 0 Å². The van der Waals surface area contributed by atoms with Crippen LogP contribution in [0.5, 0.6) is 0 Å². The summed E-state index contributed by atoms with van der Waals surface area (Å²) in [7, 11) is 0. The van der Waals surface area contributed by atoms with Gasteiger partial charge in [0.25, 0.3) is 0 Å². The maximum atomic E-state index is 2.46. The van der Waals surface area contributed by atoms with E-state index in [0.717, 1.165) is 24.8 Å². The van der Waals surface area contributed by atoms with Crippen LogP contribution in [0.4, 0.5) is 0 Å². The molecule has 0 fully saturated rings. The molecule has 0 aromatic rings. The topological polar surface area (TPSA) is 3.01 Å². The lowest BCUT2D eigenvalue weighted by atomic mass is 9.73. The van der Waals surface area contributed by atoms with Gasteiger partial charge in [-0.15, -0.1) is 0 Å². The van der Waals surface area contributed by atoms with Crippen molar-refractivity contribution in [3.05, 3.63) is 36.1 Å². The van der Waals surface area contributed by atoms with Crippen LogP contribution in [0.15, 0.2) is 36.1 Å². The molecule has 0 saturated heterocycles. The summed E-state index contributed by atoms with van der Waals surface area (Å²) in [6.07, 6.45) is 18.1. The predicted molar refractivity (Wildman–Crippen MR) is 111 cm³/mol. The Hall–Kier alpha value is -1.11. The van der Waals surface area contributed by atoms with Crippen molar-refractivity contribution in [3.8, 4) is 0 Å². The van der Waals surface area contributed by atoms with E-state index in [0.29, 0.717) is 5.41 Å². The summed E-state index contributed by atoms with van der Waals surface area (Å²) in [5.74, 6) is 1.55. The lowest BCUT2D eigenvalue weighted by Crippen LogP contribution is -2.22. The van der Waals surface area contributed by atoms with Gasteiger partial charge in [-0.3, -0.25) is 0 Å². The number of hydrogen-bond acceptors (Lipinski definition) is 0. The van der Waals surface area contributed by atoms with Crippen molar-refractivity contribution in [2.45, 2.75) is 81.1 Å². The van der Waals surface area contributed by atoms with Gasteiger partial charge in [0.1, 0.15) is 6.54 Å². The molecule has 1 atom stereocenters. The predicted octanol–water partition coefficient (Wildman–Crippen LogP) is 7.00. The highest BCUT2D eigenvalue weighted by atomic mass is 15.0. The Labute approximate surface area is 152 Å². The standard InChI is InChI=1S/C23H42N/c1-9-17-24(11-3)18-13-12-14-21(6)15-16-22(10-2)19-23(7,8)20(4)5/h9,12-13,15,17-18,20,22H,10-11,14,16,19H2,1-8H3/q+1. The molecule has 0 amide bonds. The fourth-order valence-corrected chi connectivity index (χ4v) is 2.70. The average molecular weight is 333 g/mol. The molecule has 0 saturated carbocycles. The summed E-state index contributed by atoms with van der Waals surface area (Å²) in [6, 6.07) is 0. The number of allylic oxidation sites excluding steroid dienone is 5. The lowest BCUT2D eigenvalue weighted by Gasteiger charge is -2.33. The van der Waals surface area contributed by atoms with Gasteiger partial charge in [0.05, 0.1) is 0 Å². The van der Waals surface area contributed by atoms with Gasteiger partial charge in [-0.2, -0.15) is 0 Å². The summed E-state index contributed by atoms with van der Waals surface area (Å²) in [6.45, 7) is 19.3. The molecule has 0 spiro atoms. The SMILES string of the molecule is CC=C[N+](=CC=CCC(C)=CCC(CC)CC(C)(C)C(C)C)CC. The fraction of sp³-hybridized carbons (Fsp3) is 0.696. The molecule has 0 radical (unpaired) electrons. The van der Waals surface area contributed by atoms with Gasteiger partial charge in [-0.1, -0.05) is 58.8 Å². The lowest BCUT2D eigenvalue weighted by molar-refractivity contribution is -0.447.